The van der Waals surface area contributed by atoms with Gasteiger partial charge in [-0.2, -0.15) is 13.2 Å². The smallest absolute Gasteiger partial charge is 0.416 e. The lowest BCUT2D eigenvalue weighted by atomic mass is 10.1. The SMILES string of the molecule is CCc1nc(C)c(C(=O)Nc2cc(C(F)(F)F)ccc2OCCOC)s1. The summed E-state index contributed by atoms with van der Waals surface area (Å²) in [5.41, 5.74) is -0.382. The molecule has 0 aliphatic carbocycles. The molecule has 1 N–H and O–H groups in total. The predicted octanol–water partition coefficient (Wildman–Crippen LogP) is 4.31. The van der Waals surface area contributed by atoms with E-state index in [0.29, 0.717) is 17.0 Å². The second-order valence-corrected chi connectivity index (χ2v) is 6.46. The molecule has 0 saturated carbocycles. The lowest BCUT2D eigenvalue weighted by Crippen LogP contribution is -2.15. The van der Waals surface area contributed by atoms with Gasteiger partial charge in [0.1, 0.15) is 17.2 Å². The van der Waals surface area contributed by atoms with Crippen molar-refractivity contribution in [3.05, 3.63) is 39.3 Å². The molecule has 0 saturated heterocycles. The summed E-state index contributed by atoms with van der Waals surface area (Å²) in [4.78, 5) is 17.1. The van der Waals surface area contributed by atoms with E-state index < -0.39 is 17.6 Å². The fourth-order valence-corrected chi connectivity index (χ4v) is 3.06. The van der Waals surface area contributed by atoms with Crippen molar-refractivity contribution in [2.45, 2.75) is 26.4 Å². The molecule has 2 rings (SSSR count). The van der Waals surface area contributed by atoms with Crippen molar-refractivity contribution in [3.8, 4) is 5.75 Å². The summed E-state index contributed by atoms with van der Waals surface area (Å²) in [5.74, 6) is -0.378. The molecule has 0 atom stereocenters. The van der Waals surface area contributed by atoms with E-state index >= 15 is 0 Å². The van der Waals surface area contributed by atoms with E-state index in [-0.39, 0.29) is 24.7 Å². The fourth-order valence-electron chi connectivity index (χ4n) is 2.16. The van der Waals surface area contributed by atoms with Crippen LogP contribution in [0.3, 0.4) is 0 Å². The van der Waals surface area contributed by atoms with Crippen molar-refractivity contribution in [1.82, 2.24) is 4.98 Å². The number of carbonyl (C=O) groups excluding carboxylic acids is 1. The summed E-state index contributed by atoms with van der Waals surface area (Å²) >= 11 is 1.22. The minimum Gasteiger partial charge on any atom is -0.489 e. The molecule has 1 aromatic carbocycles. The number of ether oxygens (including phenoxy) is 2. The Hall–Kier alpha value is -2.13. The third kappa shape index (κ3) is 4.95. The van der Waals surface area contributed by atoms with Crippen LogP contribution in [0.25, 0.3) is 0 Å². The first-order valence-electron chi connectivity index (χ1n) is 7.86. The maximum absolute atomic E-state index is 13.0. The zero-order chi connectivity index (χ0) is 19.3. The summed E-state index contributed by atoms with van der Waals surface area (Å²) in [6, 6.07) is 2.95. The summed E-state index contributed by atoms with van der Waals surface area (Å²) in [6.45, 7) is 4.01. The molecule has 9 heteroatoms. The van der Waals surface area contributed by atoms with Crippen LogP contribution in [-0.4, -0.2) is 31.2 Å². The largest absolute Gasteiger partial charge is 0.489 e. The molecular weight excluding hydrogens is 369 g/mol. The Labute approximate surface area is 153 Å². The van der Waals surface area contributed by atoms with Gasteiger partial charge >= 0.3 is 6.18 Å². The van der Waals surface area contributed by atoms with Gasteiger partial charge in [0.15, 0.2) is 0 Å². The minimum absolute atomic E-state index is 0.0493. The van der Waals surface area contributed by atoms with Crippen LogP contribution in [0, 0.1) is 6.92 Å². The van der Waals surface area contributed by atoms with E-state index in [9.17, 15) is 18.0 Å². The summed E-state index contributed by atoms with van der Waals surface area (Å²) in [7, 11) is 1.48. The quantitative estimate of drug-likeness (QED) is 0.718. The Bertz CT molecular complexity index is 775. The number of methoxy groups -OCH3 is 1. The number of aryl methyl sites for hydroxylation is 2. The Morgan fingerprint density at radius 1 is 1.31 bits per heavy atom. The van der Waals surface area contributed by atoms with Crippen LogP contribution in [0.1, 0.15) is 32.9 Å². The first-order chi connectivity index (χ1) is 12.3. The molecule has 0 aliphatic rings. The zero-order valence-electron chi connectivity index (χ0n) is 14.6. The van der Waals surface area contributed by atoms with Crippen LogP contribution in [0.2, 0.25) is 0 Å². The fraction of sp³-hybridized carbons (Fsp3) is 0.412. The molecule has 0 fully saturated rings. The van der Waals surface area contributed by atoms with Crippen molar-refractivity contribution in [2.75, 3.05) is 25.6 Å². The molecule has 1 heterocycles. The predicted molar refractivity (Wildman–Crippen MR) is 93.0 cm³/mol. The molecule has 1 amide bonds. The van der Waals surface area contributed by atoms with Crippen LogP contribution >= 0.6 is 11.3 Å². The normalized spacial score (nSPS) is 11.5. The van der Waals surface area contributed by atoms with Gasteiger partial charge in [0, 0.05) is 7.11 Å². The van der Waals surface area contributed by atoms with Crippen LogP contribution in [-0.2, 0) is 17.3 Å². The van der Waals surface area contributed by atoms with Crippen molar-refractivity contribution < 1.29 is 27.4 Å². The number of carbonyl (C=O) groups is 1. The van der Waals surface area contributed by atoms with E-state index in [4.69, 9.17) is 9.47 Å². The van der Waals surface area contributed by atoms with Gasteiger partial charge in [-0.3, -0.25) is 4.79 Å². The summed E-state index contributed by atoms with van der Waals surface area (Å²) in [6.07, 6.45) is -3.85. The molecule has 5 nitrogen and oxygen atoms in total. The summed E-state index contributed by atoms with van der Waals surface area (Å²) in [5, 5.41) is 3.30. The number of alkyl halides is 3. The first-order valence-corrected chi connectivity index (χ1v) is 8.68. The number of amides is 1. The standard InChI is InChI=1S/C17H19F3N2O3S/c1-4-14-21-10(2)15(26-14)16(23)22-12-9-11(17(18,19)20)5-6-13(12)25-8-7-24-3/h5-6,9H,4,7-8H2,1-3H3,(H,22,23). The Kier molecular flexibility index (Phi) is 6.60. The highest BCUT2D eigenvalue weighted by Crippen LogP contribution is 2.35. The molecule has 0 aliphatic heterocycles. The number of aromatic nitrogens is 1. The maximum atomic E-state index is 13.0. The van der Waals surface area contributed by atoms with E-state index in [2.05, 4.69) is 10.3 Å². The van der Waals surface area contributed by atoms with E-state index in [0.717, 1.165) is 17.1 Å². The highest BCUT2D eigenvalue weighted by atomic mass is 32.1. The first kappa shape index (κ1) is 20.2. The zero-order valence-corrected chi connectivity index (χ0v) is 15.4. The Morgan fingerprint density at radius 3 is 2.62 bits per heavy atom. The van der Waals surface area contributed by atoms with E-state index in [1.54, 1.807) is 6.92 Å². The highest BCUT2D eigenvalue weighted by molar-refractivity contribution is 7.13. The van der Waals surface area contributed by atoms with Gasteiger partial charge < -0.3 is 14.8 Å². The number of hydrogen-bond donors (Lipinski definition) is 1. The monoisotopic (exact) mass is 388 g/mol. The highest BCUT2D eigenvalue weighted by Gasteiger charge is 2.31. The van der Waals surface area contributed by atoms with Gasteiger partial charge in [-0.25, -0.2) is 4.98 Å². The van der Waals surface area contributed by atoms with Crippen molar-refractivity contribution in [2.24, 2.45) is 0 Å². The van der Waals surface area contributed by atoms with Gasteiger partial charge in [0.25, 0.3) is 5.91 Å². The van der Waals surface area contributed by atoms with Crippen LogP contribution in [0.15, 0.2) is 18.2 Å². The number of hydrogen-bond acceptors (Lipinski definition) is 5. The second-order valence-electron chi connectivity index (χ2n) is 5.38. The number of halogens is 3. The lowest BCUT2D eigenvalue weighted by Gasteiger charge is -2.15. The Balaban J connectivity index is 2.31. The van der Waals surface area contributed by atoms with Gasteiger partial charge in [-0.15, -0.1) is 11.3 Å². The number of anilines is 1. The molecule has 0 spiro atoms. The summed E-state index contributed by atoms with van der Waals surface area (Å²) < 4.78 is 49.3. The van der Waals surface area contributed by atoms with Crippen molar-refractivity contribution in [3.63, 3.8) is 0 Å². The molecular formula is C17H19F3N2O3S. The average Bonchev–Trinajstić information content (AvgIpc) is 2.96. The molecule has 0 unspecified atom stereocenters. The van der Waals surface area contributed by atoms with E-state index in [1.165, 1.54) is 24.5 Å². The van der Waals surface area contributed by atoms with Gasteiger partial charge in [0.05, 0.1) is 28.6 Å². The van der Waals surface area contributed by atoms with E-state index in [1.807, 2.05) is 6.92 Å². The molecule has 0 bridgehead atoms. The van der Waals surface area contributed by atoms with Gasteiger partial charge in [0.2, 0.25) is 0 Å². The molecule has 26 heavy (non-hydrogen) atoms. The van der Waals surface area contributed by atoms with Crippen LogP contribution in [0.5, 0.6) is 5.75 Å². The number of rotatable bonds is 7. The number of thiazole rings is 1. The number of nitrogens with zero attached hydrogens (tertiary/aromatic N) is 1. The lowest BCUT2D eigenvalue weighted by molar-refractivity contribution is -0.137. The minimum atomic E-state index is -4.53. The third-order valence-electron chi connectivity index (χ3n) is 3.45. The topological polar surface area (TPSA) is 60.5 Å². The van der Waals surface area contributed by atoms with Gasteiger partial charge in [-0.05, 0) is 31.5 Å². The molecule has 142 valence electrons. The number of nitrogens with one attached hydrogen (secondary N) is 1. The van der Waals surface area contributed by atoms with Crippen LogP contribution in [0.4, 0.5) is 18.9 Å². The molecule has 0 radical (unpaired) electrons. The molecule has 1 aromatic heterocycles. The maximum Gasteiger partial charge on any atom is 0.416 e. The Morgan fingerprint density at radius 2 is 2.04 bits per heavy atom. The van der Waals surface area contributed by atoms with Gasteiger partial charge in [-0.1, -0.05) is 6.92 Å². The second kappa shape index (κ2) is 8.50. The third-order valence-corrected chi connectivity index (χ3v) is 4.75. The van der Waals surface area contributed by atoms with Crippen molar-refractivity contribution in [1.29, 1.82) is 0 Å². The number of benzene rings is 1. The van der Waals surface area contributed by atoms with Crippen molar-refractivity contribution >= 4 is 22.9 Å². The van der Waals surface area contributed by atoms with Crippen LogP contribution < -0.4 is 10.1 Å². The average molecular weight is 388 g/mol. The molecule has 2 aromatic rings.